The number of aromatic nitrogens is 2. The fraction of sp³-hybridized carbons (Fsp3) is 0.200. The molecule has 0 fully saturated rings. The Bertz CT molecular complexity index is 484. The Morgan fingerprint density at radius 2 is 2.20 bits per heavy atom. The molecular weight excluding hydrogens is 296 g/mol. The molecule has 0 atom stereocenters. The van der Waals surface area contributed by atoms with E-state index in [9.17, 15) is 0 Å². The second-order valence-corrected chi connectivity index (χ2v) is 5.81. The van der Waals surface area contributed by atoms with Gasteiger partial charge in [-0.2, -0.15) is 0 Å². The molecule has 0 N–H and O–H groups in total. The Hall–Kier alpha value is -0.450. The fourth-order valence-corrected chi connectivity index (χ4v) is 2.72. The number of aryl methyl sites for hydroxylation is 1. The topological polar surface area (TPSA) is 25.8 Å². The van der Waals surface area contributed by atoms with E-state index in [1.807, 2.05) is 19.1 Å². The van der Waals surface area contributed by atoms with E-state index in [2.05, 4.69) is 25.9 Å². The molecule has 2 heterocycles. The molecule has 2 nitrogen and oxygen atoms in total. The average molecular weight is 304 g/mol. The minimum atomic E-state index is 0.501. The van der Waals surface area contributed by atoms with Gasteiger partial charge in [0.25, 0.3) is 0 Å². The van der Waals surface area contributed by atoms with E-state index < -0.39 is 0 Å². The highest BCUT2D eigenvalue weighted by Crippen LogP contribution is 2.29. The first-order valence-corrected chi connectivity index (χ1v) is 6.47. The third-order valence-electron chi connectivity index (χ3n) is 1.90. The van der Waals surface area contributed by atoms with Gasteiger partial charge in [0.2, 0.25) is 0 Å². The van der Waals surface area contributed by atoms with Crippen molar-refractivity contribution in [3.8, 4) is 10.7 Å². The molecule has 2 aromatic rings. The molecule has 0 saturated heterocycles. The summed E-state index contributed by atoms with van der Waals surface area (Å²) in [6, 6.07) is 5.77. The summed E-state index contributed by atoms with van der Waals surface area (Å²) in [7, 11) is 0. The number of hydrogen-bond acceptors (Lipinski definition) is 3. The smallest absolute Gasteiger partial charge is 0.171 e. The van der Waals surface area contributed by atoms with E-state index in [0.717, 1.165) is 20.8 Å². The largest absolute Gasteiger partial charge is 0.232 e. The van der Waals surface area contributed by atoms with Gasteiger partial charge in [0.15, 0.2) is 5.82 Å². The normalized spacial score (nSPS) is 10.6. The molecule has 0 aliphatic heterocycles. The van der Waals surface area contributed by atoms with Crippen LogP contribution in [-0.4, -0.2) is 9.97 Å². The number of thiophene rings is 1. The predicted octanol–water partition coefficient (Wildman–Crippen LogP) is 4.18. The van der Waals surface area contributed by atoms with Crippen LogP contribution in [0.4, 0.5) is 0 Å². The molecule has 5 heteroatoms. The maximum absolute atomic E-state index is 5.93. The second kappa shape index (κ2) is 4.60. The highest BCUT2D eigenvalue weighted by atomic mass is 79.9. The molecule has 0 amide bonds. The Morgan fingerprint density at radius 1 is 1.40 bits per heavy atom. The van der Waals surface area contributed by atoms with Crippen molar-refractivity contribution in [1.82, 2.24) is 9.97 Å². The highest BCUT2D eigenvalue weighted by molar-refractivity contribution is 9.11. The van der Waals surface area contributed by atoms with Crippen molar-refractivity contribution in [3.63, 3.8) is 0 Å². The van der Waals surface area contributed by atoms with Gasteiger partial charge in [0.05, 0.1) is 8.66 Å². The lowest BCUT2D eigenvalue weighted by atomic mass is 10.3. The maximum atomic E-state index is 5.93. The van der Waals surface area contributed by atoms with E-state index >= 15 is 0 Å². The Kier molecular flexibility index (Phi) is 3.38. The third-order valence-corrected chi connectivity index (χ3v) is 3.72. The molecule has 0 radical (unpaired) electrons. The monoisotopic (exact) mass is 302 g/mol. The van der Waals surface area contributed by atoms with Crippen LogP contribution in [-0.2, 0) is 6.42 Å². The average Bonchev–Trinajstić information content (AvgIpc) is 2.64. The zero-order chi connectivity index (χ0) is 10.8. The molecule has 0 spiro atoms. The van der Waals surface area contributed by atoms with Crippen molar-refractivity contribution in [2.75, 3.05) is 0 Å². The molecule has 0 aliphatic carbocycles. The minimum absolute atomic E-state index is 0.501. The summed E-state index contributed by atoms with van der Waals surface area (Å²) < 4.78 is 1.07. The van der Waals surface area contributed by atoms with Crippen LogP contribution in [0.5, 0.6) is 0 Å². The van der Waals surface area contributed by atoms with E-state index in [1.165, 1.54) is 0 Å². The lowest BCUT2D eigenvalue weighted by Gasteiger charge is -2.00. The molecular formula is C10H8BrClN2S. The number of nitrogens with zero attached hydrogens (tertiary/aromatic N) is 2. The van der Waals surface area contributed by atoms with Gasteiger partial charge in [-0.25, -0.2) is 9.97 Å². The van der Waals surface area contributed by atoms with Gasteiger partial charge in [-0.3, -0.25) is 0 Å². The maximum Gasteiger partial charge on any atom is 0.171 e. The zero-order valence-corrected chi connectivity index (χ0v) is 11.2. The van der Waals surface area contributed by atoms with Crippen LogP contribution in [0.25, 0.3) is 10.7 Å². The van der Waals surface area contributed by atoms with E-state index in [0.29, 0.717) is 11.0 Å². The molecule has 0 unspecified atom stereocenters. The summed E-state index contributed by atoms with van der Waals surface area (Å²) in [5.74, 6) is 0.704. The van der Waals surface area contributed by atoms with Crippen LogP contribution in [0.3, 0.4) is 0 Å². The summed E-state index contributed by atoms with van der Waals surface area (Å²) >= 11 is 10.9. The van der Waals surface area contributed by atoms with Gasteiger partial charge < -0.3 is 0 Å². The van der Waals surface area contributed by atoms with Crippen molar-refractivity contribution < 1.29 is 0 Å². The van der Waals surface area contributed by atoms with Gasteiger partial charge in [0, 0.05) is 5.69 Å². The van der Waals surface area contributed by atoms with Gasteiger partial charge in [-0.1, -0.05) is 18.5 Å². The molecule has 0 bridgehead atoms. The molecule has 0 saturated carbocycles. The third kappa shape index (κ3) is 2.56. The molecule has 0 aromatic carbocycles. The summed E-state index contributed by atoms with van der Waals surface area (Å²) in [5.41, 5.74) is 0.967. The van der Waals surface area contributed by atoms with Crippen molar-refractivity contribution in [2.24, 2.45) is 0 Å². The lowest BCUT2D eigenvalue weighted by molar-refractivity contribution is 1.01. The van der Waals surface area contributed by atoms with Crippen molar-refractivity contribution >= 4 is 38.9 Å². The summed E-state index contributed by atoms with van der Waals surface area (Å²) in [4.78, 5) is 9.67. The summed E-state index contributed by atoms with van der Waals surface area (Å²) in [6.45, 7) is 2.05. The van der Waals surface area contributed by atoms with Gasteiger partial charge in [0.1, 0.15) is 5.15 Å². The van der Waals surface area contributed by atoms with Gasteiger partial charge in [-0.05, 0) is 40.5 Å². The number of hydrogen-bond donors (Lipinski definition) is 0. The molecule has 0 aliphatic rings. The quantitative estimate of drug-likeness (QED) is 0.778. The molecule has 2 rings (SSSR count). The van der Waals surface area contributed by atoms with Crippen LogP contribution in [0.2, 0.25) is 5.15 Å². The van der Waals surface area contributed by atoms with Crippen LogP contribution in [0.1, 0.15) is 12.6 Å². The highest BCUT2D eigenvalue weighted by Gasteiger charge is 2.07. The van der Waals surface area contributed by atoms with Crippen LogP contribution in [0.15, 0.2) is 22.0 Å². The first-order valence-electron chi connectivity index (χ1n) is 4.48. The Morgan fingerprint density at radius 3 is 2.80 bits per heavy atom. The van der Waals surface area contributed by atoms with Crippen LogP contribution >= 0.6 is 38.9 Å². The second-order valence-electron chi connectivity index (χ2n) is 2.96. The van der Waals surface area contributed by atoms with Gasteiger partial charge >= 0.3 is 0 Å². The van der Waals surface area contributed by atoms with Gasteiger partial charge in [-0.15, -0.1) is 11.3 Å². The predicted molar refractivity (Wildman–Crippen MR) is 67.4 cm³/mol. The zero-order valence-electron chi connectivity index (χ0n) is 8.00. The Balaban J connectivity index is 2.48. The first kappa shape index (κ1) is 11.0. The van der Waals surface area contributed by atoms with Crippen LogP contribution in [0, 0.1) is 0 Å². The SMILES string of the molecule is CCc1cc(Cl)nc(-c2ccc(Br)s2)n1. The van der Waals surface area contributed by atoms with E-state index in [4.69, 9.17) is 11.6 Å². The minimum Gasteiger partial charge on any atom is -0.232 e. The van der Waals surface area contributed by atoms with E-state index in [-0.39, 0.29) is 0 Å². The lowest BCUT2D eigenvalue weighted by Crippen LogP contribution is -1.93. The first-order chi connectivity index (χ1) is 7.19. The molecule has 78 valence electrons. The number of halogens is 2. The van der Waals surface area contributed by atoms with Crippen molar-refractivity contribution in [1.29, 1.82) is 0 Å². The fourth-order valence-electron chi connectivity index (χ4n) is 1.19. The molecule has 2 aromatic heterocycles. The standard InChI is InChI=1S/C10H8BrClN2S/c1-2-6-5-9(12)14-10(13-6)7-3-4-8(11)15-7/h3-5H,2H2,1H3. The Labute approximate surface area is 105 Å². The number of rotatable bonds is 2. The van der Waals surface area contributed by atoms with Crippen molar-refractivity contribution in [2.45, 2.75) is 13.3 Å². The summed E-state index contributed by atoms with van der Waals surface area (Å²) in [5, 5.41) is 0.501. The summed E-state index contributed by atoms with van der Waals surface area (Å²) in [6.07, 6.45) is 0.863. The molecule has 15 heavy (non-hydrogen) atoms. The van der Waals surface area contributed by atoms with E-state index in [1.54, 1.807) is 17.4 Å². The van der Waals surface area contributed by atoms with Crippen molar-refractivity contribution in [3.05, 3.63) is 32.8 Å². The van der Waals surface area contributed by atoms with Crippen LogP contribution < -0.4 is 0 Å².